The maximum absolute atomic E-state index is 11.9. The summed E-state index contributed by atoms with van der Waals surface area (Å²) in [6.45, 7) is 10.5. The van der Waals surface area contributed by atoms with Crippen LogP contribution in [0.25, 0.3) is 0 Å². The monoisotopic (exact) mass is 341 g/mol. The van der Waals surface area contributed by atoms with Crippen LogP contribution in [0.2, 0.25) is 23.2 Å². The summed E-state index contributed by atoms with van der Waals surface area (Å²) in [6, 6.07) is 6.51. The van der Waals surface area contributed by atoms with E-state index in [2.05, 4.69) is 39.2 Å². The molecule has 1 N–H and O–H groups in total. The molecule has 1 amide bonds. The molecule has 4 nitrogen and oxygen atoms in total. The van der Waals surface area contributed by atoms with Crippen molar-refractivity contribution in [1.82, 2.24) is 5.32 Å². The van der Waals surface area contributed by atoms with Crippen LogP contribution in [-0.2, 0) is 9.22 Å². The third-order valence-corrected chi connectivity index (χ3v) is 8.68. The Balaban J connectivity index is 2.43. The zero-order chi connectivity index (χ0) is 17.0. The molecule has 0 unspecified atom stereocenters. The lowest BCUT2D eigenvalue weighted by molar-refractivity contribution is -0.120. The highest BCUT2D eigenvalue weighted by atomic mass is 35.5. The van der Waals surface area contributed by atoms with Gasteiger partial charge in [0.25, 0.3) is 5.91 Å². The summed E-state index contributed by atoms with van der Waals surface area (Å²) in [4.78, 5) is 23.8. The molecule has 122 valence electrons. The minimum Gasteiger partial charge on any atom is -0.409 e. The lowest BCUT2D eigenvalue weighted by Gasteiger charge is -2.35. The van der Waals surface area contributed by atoms with Crippen molar-refractivity contribution < 1.29 is 14.0 Å². The summed E-state index contributed by atoms with van der Waals surface area (Å²) in [6.07, 6.45) is 0. The summed E-state index contributed by atoms with van der Waals surface area (Å²) >= 11 is 5.77. The van der Waals surface area contributed by atoms with Gasteiger partial charge in [-0.3, -0.25) is 9.59 Å². The predicted octanol–water partition coefficient (Wildman–Crippen LogP) is 3.66. The van der Waals surface area contributed by atoms with E-state index in [0.717, 1.165) is 0 Å². The number of rotatable bonds is 6. The van der Waals surface area contributed by atoms with Gasteiger partial charge in [0, 0.05) is 10.6 Å². The van der Waals surface area contributed by atoms with E-state index in [0.29, 0.717) is 10.6 Å². The number of nitrogens with one attached hydrogen (secondary N) is 1. The fourth-order valence-corrected chi connectivity index (χ4v) is 2.49. The van der Waals surface area contributed by atoms with Gasteiger partial charge in [0.2, 0.25) is 0 Å². The van der Waals surface area contributed by atoms with Crippen molar-refractivity contribution in [1.29, 1.82) is 0 Å². The van der Waals surface area contributed by atoms with Gasteiger partial charge in [0.15, 0.2) is 14.1 Å². The van der Waals surface area contributed by atoms with Crippen LogP contribution in [0.1, 0.15) is 31.1 Å². The molecule has 0 radical (unpaired) electrons. The van der Waals surface area contributed by atoms with Crippen molar-refractivity contribution in [2.45, 2.75) is 38.9 Å². The average molecular weight is 342 g/mol. The van der Waals surface area contributed by atoms with Gasteiger partial charge in [0.1, 0.15) is 0 Å². The summed E-state index contributed by atoms with van der Waals surface area (Å²) in [5.41, 5.74) is 0.475. The Bertz CT molecular complexity index is 535. The third-order valence-electron chi connectivity index (χ3n) is 3.95. The van der Waals surface area contributed by atoms with Gasteiger partial charge >= 0.3 is 0 Å². The first-order valence-corrected chi connectivity index (χ1v) is 10.5. The predicted molar refractivity (Wildman–Crippen MR) is 91.9 cm³/mol. The Morgan fingerprint density at radius 3 is 2.23 bits per heavy atom. The number of hydrogen-bond acceptors (Lipinski definition) is 3. The van der Waals surface area contributed by atoms with Gasteiger partial charge in [-0.05, 0) is 42.4 Å². The average Bonchev–Trinajstić information content (AvgIpc) is 2.42. The Morgan fingerprint density at radius 2 is 1.73 bits per heavy atom. The molecule has 6 heteroatoms. The second-order valence-electron chi connectivity index (χ2n) is 6.78. The van der Waals surface area contributed by atoms with E-state index in [1.54, 1.807) is 24.3 Å². The zero-order valence-electron chi connectivity index (χ0n) is 13.8. The second kappa shape index (κ2) is 7.40. The first-order valence-electron chi connectivity index (χ1n) is 7.22. The van der Waals surface area contributed by atoms with Gasteiger partial charge in [-0.25, -0.2) is 0 Å². The van der Waals surface area contributed by atoms with E-state index in [9.17, 15) is 9.59 Å². The number of ketones is 1. The van der Waals surface area contributed by atoms with Crippen LogP contribution >= 0.6 is 11.6 Å². The molecule has 0 aliphatic carbocycles. The quantitative estimate of drug-likeness (QED) is 0.803. The molecule has 0 saturated carbocycles. The zero-order valence-corrected chi connectivity index (χ0v) is 15.6. The van der Waals surface area contributed by atoms with Crippen LogP contribution < -0.4 is 5.32 Å². The number of Topliss-reactive ketones (excluding diaryl/α,β-unsaturated/α-hetero) is 1. The molecule has 0 aromatic heterocycles. The standard InChI is InChI=1S/C16H24ClNO3Si/c1-16(2,3)22(4,5)21-11-14(19)10-18-15(20)12-6-8-13(17)9-7-12/h6-9H,10-11H2,1-5H3,(H,18,20). The number of halogens is 1. The van der Waals surface area contributed by atoms with E-state index in [1.165, 1.54) is 0 Å². The number of benzene rings is 1. The van der Waals surface area contributed by atoms with Crippen molar-refractivity contribution in [2.75, 3.05) is 13.2 Å². The topological polar surface area (TPSA) is 55.4 Å². The Kier molecular flexibility index (Phi) is 6.34. The van der Waals surface area contributed by atoms with Crippen molar-refractivity contribution in [3.05, 3.63) is 34.9 Å². The smallest absolute Gasteiger partial charge is 0.251 e. The molecule has 1 aromatic carbocycles. The maximum atomic E-state index is 11.9. The van der Waals surface area contributed by atoms with Crippen LogP contribution in [0, 0.1) is 0 Å². The van der Waals surface area contributed by atoms with Crippen molar-refractivity contribution in [2.24, 2.45) is 0 Å². The highest BCUT2D eigenvalue weighted by molar-refractivity contribution is 6.74. The lowest BCUT2D eigenvalue weighted by Crippen LogP contribution is -2.43. The number of carbonyl (C=O) groups excluding carboxylic acids is 2. The fraction of sp³-hybridized carbons (Fsp3) is 0.500. The molecule has 0 aliphatic heterocycles. The summed E-state index contributed by atoms with van der Waals surface area (Å²) in [5, 5.41) is 3.22. The van der Waals surface area contributed by atoms with E-state index in [-0.39, 0.29) is 29.9 Å². The number of amides is 1. The Hall–Kier alpha value is -1.17. The van der Waals surface area contributed by atoms with E-state index in [4.69, 9.17) is 16.0 Å². The first-order chi connectivity index (χ1) is 10.0. The van der Waals surface area contributed by atoms with Gasteiger partial charge in [-0.1, -0.05) is 32.4 Å². The Morgan fingerprint density at radius 1 is 1.18 bits per heavy atom. The molecule has 1 aromatic rings. The van der Waals surface area contributed by atoms with Gasteiger partial charge in [-0.2, -0.15) is 0 Å². The molecule has 0 aliphatic rings. The first kappa shape index (κ1) is 18.9. The normalized spacial score (nSPS) is 12.1. The second-order valence-corrected chi connectivity index (χ2v) is 12.0. The molecular formula is C16H24ClNO3Si. The molecule has 0 heterocycles. The highest BCUT2D eigenvalue weighted by Gasteiger charge is 2.37. The molecule has 22 heavy (non-hydrogen) atoms. The minimum absolute atomic E-state index is 0.0317. The largest absolute Gasteiger partial charge is 0.409 e. The fourth-order valence-electron chi connectivity index (χ4n) is 1.41. The van der Waals surface area contributed by atoms with Crippen LogP contribution in [0.15, 0.2) is 24.3 Å². The lowest BCUT2D eigenvalue weighted by atomic mass is 10.2. The molecule has 0 atom stereocenters. The molecule has 1 rings (SSSR count). The molecular weight excluding hydrogens is 318 g/mol. The number of hydrogen-bond donors (Lipinski definition) is 1. The molecule has 0 fully saturated rings. The van der Waals surface area contributed by atoms with Crippen molar-refractivity contribution in [3.63, 3.8) is 0 Å². The molecule has 0 bridgehead atoms. The molecule has 0 spiro atoms. The number of carbonyl (C=O) groups is 2. The summed E-state index contributed by atoms with van der Waals surface area (Å²) in [5.74, 6) is -0.426. The van der Waals surface area contributed by atoms with E-state index in [1.807, 2.05) is 0 Å². The highest BCUT2D eigenvalue weighted by Crippen LogP contribution is 2.36. The van der Waals surface area contributed by atoms with Crippen LogP contribution in [0.4, 0.5) is 0 Å². The van der Waals surface area contributed by atoms with Gasteiger partial charge in [-0.15, -0.1) is 0 Å². The Labute approximate surface area is 138 Å². The minimum atomic E-state index is -1.94. The van der Waals surface area contributed by atoms with Crippen molar-refractivity contribution >= 4 is 31.6 Å². The summed E-state index contributed by atoms with van der Waals surface area (Å²) < 4.78 is 5.83. The SMILES string of the molecule is CC(C)(C)[Si](C)(C)OCC(=O)CNC(=O)c1ccc(Cl)cc1. The van der Waals surface area contributed by atoms with Gasteiger partial charge in [0.05, 0.1) is 13.2 Å². The summed E-state index contributed by atoms with van der Waals surface area (Å²) in [7, 11) is -1.94. The maximum Gasteiger partial charge on any atom is 0.251 e. The van der Waals surface area contributed by atoms with Crippen LogP contribution in [0.3, 0.4) is 0 Å². The van der Waals surface area contributed by atoms with E-state index < -0.39 is 8.32 Å². The van der Waals surface area contributed by atoms with Crippen molar-refractivity contribution in [3.8, 4) is 0 Å². The third kappa shape index (κ3) is 5.55. The van der Waals surface area contributed by atoms with E-state index >= 15 is 0 Å². The van der Waals surface area contributed by atoms with Crippen LogP contribution in [0.5, 0.6) is 0 Å². The van der Waals surface area contributed by atoms with Gasteiger partial charge < -0.3 is 9.74 Å². The molecule has 0 saturated heterocycles. The van der Waals surface area contributed by atoms with Crippen LogP contribution in [-0.4, -0.2) is 33.2 Å².